The van der Waals surface area contributed by atoms with Crippen LogP contribution < -0.4 is 5.73 Å². The number of nitrogens with two attached hydrogens (primary N) is 1. The summed E-state index contributed by atoms with van der Waals surface area (Å²) in [6, 6.07) is 7.10. The fourth-order valence-corrected chi connectivity index (χ4v) is 2.95. The number of benzene rings is 1. The van der Waals surface area contributed by atoms with Crippen molar-refractivity contribution in [1.82, 2.24) is 0 Å². The van der Waals surface area contributed by atoms with Crippen LogP contribution in [0.4, 0.5) is 5.69 Å². The molecule has 84 valence electrons. The quantitative estimate of drug-likeness (QED) is 0.782. The smallest absolute Gasteiger partial charge is 0.154 e. The van der Waals surface area contributed by atoms with Gasteiger partial charge in [-0.15, -0.1) is 0 Å². The van der Waals surface area contributed by atoms with Crippen molar-refractivity contribution < 1.29 is 8.42 Å². The lowest BCUT2D eigenvalue weighted by Crippen LogP contribution is -2.10. The van der Waals surface area contributed by atoms with Crippen molar-refractivity contribution in [3.63, 3.8) is 0 Å². The van der Waals surface area contributed by atoms with Gasteiger partial charge < -0.3 is 5.73 Å². The van der Waals surface area contributed by atoms with Crippen LogP contribution in [0.1, 0.15) is 25.3 Å². The molecule has 0 amide bonds. The first kappa shape index (κ1) is 12.0. The van der Waals surface area contributed by atoms with Crippen LogP contribution in [-0.2, 0) is 15.6 Å². The fraction of sp³-hybridized carbons (Fsp3) is 0.455. The van der Waals surface area contributed by atoms with E-state index in [-0.39, 0.29) is 11.5 Å². The van der Waals surface area contributed by atoms with Crippen LogP contribution in [0.25, 0.3) is 0 Å². The van der Waals surface area contributed by atoms with E-state index in [4.69, 9.17) is 5.73 Å². The van der Waals surface area contributed by atoms with Gasteiger partial charge in [-0.2, -0.15) is 0 Å². The van der Waals surface area contributed by atoms with E-state index in [1.807, 2.05) is 6.92 Å². The van der Waals surface area contributed by atoms with Crippen molar-refractivity contribution in [3.05, 3.63) is 29.8 Å². The van der Waals surface area contributed by atoms with Crippen LogP contribution in [0.15, 0.2) is 24.3 Å². The van der Waals surface area contributed by atoms with Gasteiger partial charge in [0.15, 0.2) is 9.84 Å². The zero-order valence-corrected chi connectivity index (χ0v) is 9.76. The molecule has 0 spiro atoms. The van der Waals surface area contributed by atoms with E-state index < -0.39 is 9.84 Å². The van der Waals surface area contributed by atoms with Gasteiger partial charge in [-0.1, -0.05) is 31.5 Å². The van der Waals surface area contributed by atoms with Crippen LogP contribution in [0.5, 0.6) is 0 Å². The first-order chi connectivity index (χ1) is 7.05. The molecule has 4 heteroatoms. The van der Waals surface area contributed by atoms with Gasteiger partial charge in [-0.3, -0.25) is 0 Å². The highest BCUT2D eigenvalue weighted by Gasteiger charge is 2.12. The molecule has 3 nitrogen and oxygen atoms in total. The van der Waals surface area contributed by atoms with E-state index in [0.29, 0.717) is 11.3 Å². The normalized spacial score (nSPS) is 11.5. The molecule has 1 aromatic carbocycles. The molecular weight excluding hydrogens is 210 g/mol. The maximum absolute atomic E-state index is 11.7. The van der Waals surface area contributed by atoms with E-state index in [9.17, 15) is 8.42 Å². The first-order valence-corrected chi connectivity index (χ1v) is 6.91. The molecule has 1 aromatic rings. The molecule has 0 heterocycles. The topological polar surface area (TPSA) is 60.2 Å². The molecule has 0 aliphatic heterocycles. The van der Waals surface area contributed by atoms with Crippen LogP contribution in [0.2, 0.25) is 0 Å². The molecule has 0 fully saturated rings. The average Bonchev–Trinajstić information content (AvgIpc) is 2.18. The minimum absolute atomic E-state index is 0.0552. The summed E-state index contributed by atoms with van der Waals surface area (Å²) in [6.45, 7) is 1.98. The summed E-state index contributed by atoms with van der Waals surface area (Å²) in [7, 11) is -3.00. The van der Waals surface area contributed by atoms with Gasteiger partial charge in [0.1, 0.15) is 0 Å². The number of nitrogen functional groups attached to an aromatic ring is 1. The van der Waals surface area contributed by atoms with Crippen molar-refractivity contribution >= 4 is 15.5 Å². The summed E-state index contributed by atoms with van der Waals surface area (Å²) in [5, 5.41) is 0. The van der Waals surface area contributed by atoms with Crippen molar-refractivity contribution in [3.8, 4) is 0 Å². The Morgan fingerprint density at radius 2 is 1.93 bits per heavy atom. The molecule has 0 atom stereocenters. The Hall–Kier alpha value is -1.03. The molecule has 0 aliphatic carbocycles. The Balaban J connectivity index is 2.74. The molecule has 0 unspecified atom stereocenters. The van der Waals surface area contributed by atoms with Gasteiger partial charge in [0.05, 0.1) is 11.5 Å². The summed E-state index contributed by atoms with van der Waals surface area (Å²) >= 11 is 0. The second kappa shape index (κ2) is 5.16. The van der Waals surface area contributed by atoms with Gasteiger partial charge in [0, 0.05) is 5.69 Å². The molecule has 0 saturated heterocycles. The number of unbranched alkanes of at least 4 members (excludes halogenated alkanes) is 1. The molecule has 15 heavy (non-hydrogen) atoms. The lowest BCUT2D eigenvalue weighted by atomic mass is 10.2. The second-order valence-electron chi connectivity index (χ2n) is 3.64. The van der Waals surface area contributed by atoms with Crippen molar-refractivity contribution in [2.45, 2.75) is 25.5 Å². The summed E-state index contributed by atoms with van der Waals surface area (Å²) in [6.07, 6.45) is 1.61. The Bertz CT molecular complexity index is 412. The third-order valence-corrected chi connectivity index (χ3v) is 3.90. The van der Waals surface area contributed by atoms with E-state index in [0.717, 1.165) is 12.8 Å². The number of rotatable bonds is 5. The van der Waals surface area contributed by atoms with Crippen LogP contribution in [-0.4, -0.2) is 14.2 Å². The van der Waals surface area contributed by atoms with E-state index in [1.165, 1.54) is 0 Å². The standard InChI is InChI=1S/C11H17NO2S/c1-2-3-8-15(13,14)9-10-6-4-5-7-11(10)12/h4-7H,2-3,8-9,12H2,1H3. The zero-order valence-electron chi connectivity index (χ0n) is 8.94. The average molecular weight is 227 g/mol. The Kier molecular flexibility index (Phi) is 4.15. The van der Waals surface area contributed by atoms with Crippen LogP contribution >= 0.6 is 0 Å². The fourth-order valence-electron chi connectivity index (χ4n) is 1.34. The number of sulfone groups is 1. The van der Waals surface area contributed by atoms with E-state index >= 15 is 0 Å². The lowest BCUT2D eigenvalue weighted by Gasteiger charge is -2.06. The highest BCUT2D eigenvalue weighted by Crippen LogP contribution is 2.15. The van der Waals surface area contributed by atoms with Gasteiger partial charge in [-0.25, -0.2) is 8.42 Å². The Morgan fingerprint density at radius 1 is 1.27 bits per heavy atom. The third kappa shape index (κ3) is 3.91. The molecule has 0 radical (unpaired) electrons. The molecule has 2 N–H and O–H groups in total. The van der Waals surface area contributed by atoms with Gasteiger partial charge in [-0.05, 0) is 18.1 Å². The minimum Gasteiger partial charge on any atom is -0.398 e. The second-order valence-corrected chi connectivity index (χ2v) is 5.83. The van der Waals surface area contributed by atoms with Gasteiger partial charge in [0.2, 0.25) is 0 Å². The predicted octanol–water partition coefficient (Wildman–Crippen LogP) is 1.98. The molecule has 0 aromatic heterocycles. The number of hydrogen-bond donors (Lipinski definition) is 1. The Morgan fingerprint density at radius 3 is 2.53 bits per heavy atom. The third-order valence-electron chi connectivity index (χ3n) is 2.24. The highest BCUT2D eigenvalue weighted by atomic mass is 32.2. The van der Waals surface area contributed by atoms with Crippen molar-refractivity contribution in [2.24, 2.45) is 0 Å². The van der Waals surface area contributed by atoms with Gasteiger partial charge in [0.25, 0.3) is 0 Å². The molecular formula is C11H17NO2S. The number of anilines is 1. The van der Waals surface area contributed by atoms with Crippen LogP contribution in [0, 0.1) is 0 Å². The predicted molar refractivity (Wildman–Crippen MR) is 63.3 cm³/mol. The van der Waals surface area contributed by atoms with E-state index in [1.54, 1.807) is 24.3 Å². The summed E-state index contributed by atoms with van der Waals surface area (Å²) in [5.74, 6) is 0.303. The molecule has 1 rings (SSSR count). The molecule has 0 saturated carbocycles. The summed E-state index contributed by atoms with van der Waals surface area (Å²) < 4.78 is 23.3. The minimum atomic E-state index is -3.00. The monoisotopic (exact) mass is 227 g/mol. The summed E-state index contributed by atoms with van der Waals surface area (Å²) in [4.78, 5) is 0. The van der Waals surface area contributed by atoms with Crippen LogP contribution in [0.3, 0.4) is 0 Å². The lowest BCUT2D eigenvalue weighted by molar-refractivity contribution is 0.592. The summed E-state index contributed by atoms with van der Waals surface area (Å²) in [5.41, 5.74) is 6.95. The van der Waals surface area contributed by atoms with Crippen molar-refractivity contribution in [1.29, 1.82) is 0 Å². The SMILES string of the molecule is CCCCS(=O)(=O)Cc1ccccc1N. The van der Waals surface area contributed by atoms with Gasteiger partial charge >= 0.3 is 0 Å². The zero-order chi connectivity index (χ0) is 11.3. The largest absolute Gasteiger partial charge is 0.398 e. The first-order valence-electron chi connectivity index (χ1n) is 5.09. The highest BCUT2D eigenvalue weighted by molar-refractivity contribution is 7.90. The number of hydrogen-bond acceptors (Lipinski definition) is 3. The maximum atomic E-state index is 11.7. The maximum Gasteiger partial charge on any atom is 0.154 e. The molecule has 0 aliphatic rings. The van der Waals surface area contributed by atoms with Crippen molar-refractivity contribution in [2.75, 3.05) is 11.5 Å². The van der Waals surface area contributed by atoms with E-state index in [2.05, 4.69) is 0 Å². The Labute approximate surface area is 91.2 Å². The number of para-hydroxylation sites is 1. The molecule has 0 bridgehead atoms.